The Balaban J connectivity index is 0.000000434. The van der Waals surface area contributed by atoms with Crippen LogP contribution < -0.4 is 35.3 Å². The molecule has 0 aliphatic carbocycles. The number of nitrogens with zero attached hydrogens (tertiary/aromatic N) is 4. The van der Waals surface area contributed by atoms with Gasteiger partial charge in [0.25, 0.3) is 17.5 Å². The maximum absolute atomic E-state index is 12.5. The number of anilines is 3. The van der Waals surface area contributed by atoms with Gasteiger partial charge >= 0.3 is 36.4 Å². The summed E-state index contributed by atoms with van der Waals surface area (Å²) in [5, 5.41) is 49.4. The quantitative estimate of drug-likeness (QED) is 0.00476. The molecule has 546 valence electrons. The largest absolute Gasteiger partial charge is 0.511 e. The van der Waals surface area contributed by atoms with Gasteiger partial charge in [-0.05, 0) is 150 Å². The summed E-state index contributed by atoms with van der Waals surface area (Å²) < 4.78 is 122. The standard InChI is InChI=1S/2C17H23N2O6P.C12H18NO6P.C12H20NO4P.C5H5NO3/c1-5-23-26(21,24-6-2)11-22-16-9-14(8-7-12(16)3)19-17(20)15-10-18-25-13(15)4;1-5-24-26(22,25-6-2)11-23-16-9-14(8-7-12(16)3)19-17(21)15(10-18)13(4)20;1-4-18-20(16,19-5-2)9-17-12-8-11(13(14)15)7-6-10(12)3;1-4-16-18(14,17-5-2)9-15-12-8-11(13)7-6-10(12)3;1-3-4(5(7)8)2-6-9-3/h7-10H,5-6,11H2,1-4H3,(H,19,20);7-9,20H,5-6,11H2,1-4H3,(H,19,21);6-8H,4-5,9H2,1-3H3;6-8H,4-5,9,13H2,1-3H3;2H,1H3,(H,7,8)/b;15-13+;;;. The lowest BCUT2D eigenvalue weighted by atomic mass is 10.2. The van der Waals surface area contributed by atoms with E-state index in [4.69, 9.17) is 75.8 Å². The Morgan fingerprint density at radius 1 is 0.525 bits per heavy atom. The van der Waals surface area contributed by atoms with Crippen molar-refractivity contribution in [2.45, 2.75) is 104 Å². The molecule has 36 heteroatoms. The van der Waals surface area contributed by atoms with Gasteiger partial charge < -0.3 is 90.8 Å². The minimum atomic E-state index is -3.37. The lowest BCUT2D eigenvalue weighted by Crippen LogP contribution is -2.15. The maximum atomic E-state index is 12.5. The van der Waals surface area contributed by atoms with Crippen LogP contribution in [0.3, 0.4) is 0 Å². The second-order valence-electron chi connectivity index (χ2n) is 19.9. The van der Waals surface area contributed by atoms with Gasteiger partial charge in [0.15, 0.2) is 31.0 Å². The van der Waals surface area contributed by atoms with Gasteiger partial charge in [0.05, 0.1) is 76.2 Å². The van der Waals surface area contributed by atoms with Crippen LogP contribution in [-0.4, -0.2) is 121 Å². The van der Waals surface area contributed by atoms with E-state index >= 15 is 0 Å². The highest BCUT2D eigenvalue weighted by atomic mass is 31.2. The number of aromatic carboxylic acids is 1. The molecule has 2 heterocycles. The second kappa shape index (κ2) is 44.0. The number of non-ortho nitro benzene ring substituents is 1. The molecule has 0 aliphatic heterocycles. The normalized spacial score (nSPS) is 11.4. The number of ether oxygens (including phenoxy) is 4. The van der Waals surface area contributed by atoms with Crippen LogP contribution in [0.25, 0.3) is 0 Å². The van der Waals surface area contributed by atoms with Gasteiger partial charge in [-0.25, -0.2) is 4.79 Å². The number of amides is 2. The Morgan fingerprint density at radius 3 is 1.15 bits per heavy atom. The van der Waals surface area contributed by atoms with Gasteiger partial charge in [-0.3, -0.25) is 38.0 Å². The number of nitrogen functional groups attached to an aromatic ring is 1. The number of rotatable bonds is 34. The van der Waals surface area contributed by atoms with Crippen LogP contribution in [0.4, 0.5) is 22.7 Å². The number of nitrogens with one attached hydrogen (secondary N) is 2. The number of nitriles is 1. The lowest BCUT2D eigenvalue weighted by molar-refractivity contribution is -0.385. The third kappa shape index (κ3) is 30.8. The number of aliphatic hydroxyl groups is 1. The van der Waals surface area contributed by atoms with Crippen molar-refractivity contribution >= 4 is 70.9 Å². The third-order valence-corrected chi connectivity index (χ3v) is 19.3. The van der Waals surface area contributed by atoms with Crippen LogP contribution in [0, 0.1) is 63.0 Å². The minimum Gasteiger partial charge on any atom is -0.511 e. The highest BCUT2D eigenvalue weighted by molar-refractivity contribution is 7.54. The van der Waals surface area contributed by atoms with Gasteiger partial charge in [-0.15, -0.1) is 0 Å². The summed E-state index contributed by atoms with van der Waals surface area (Å²) in [7, 11) is -13.2. The molecule has 0 atom stereocenters. The van der Waals surface area contributed by atoms with Crippen molar-refractivity contribution < 1.29 is 112 Å². The van der Waals surface area contributed by atoms with Crippen LogP contribution >= 0.6 is 30.4 Å². The fourth-order valence-corrected chi connectivity index (χ4v) is 12.9. The first-order valence-electron chi connectivity index (χ1n) is 30.6. The highest BCUT2D eigenvalue weighted by Gasteiger charge is 2.29. The first kappa shape index (κ1) is 86.8. The number of nitro groups is 1. The maximum Gasteiger partial charge on any atom is 0.367 e. The molecular weight excluding hydrogens is 1380 g/mol. The predicted molar refractivity (Wildman–Crippen MR) is 368 cm³/mol. The fraction of sp³-hybridized carbons (Fsp3) is 0.429. The van der Waals surface area contributed by atoms with E-state index in [2.05, 4.69) is 25.5 Å². The summed E-state index contributed by atoms with van der Waals surface area (Å²) in [4.78, 5) is 44.6. The number of carboxylic acids is 1. The highest BCUT2D eigenvalue weighted by Crippen LogP contribution is 2.51. The first-order chi connectivity index (χ1) is 46.8. The molecule has 99 heavy (non-hydrogen) atoms. The summed E-state index contributed by atoms with van der Waals surface area (Å²) in [6.45, 7) is 27.6. The molecule has 6 N–H and O–H groups in total. The molecule has 0 saturated heterocycles. The van der Waals surface area contributed by atoms with Crippen LogP contribution in [0.15, 0.2) is 106 Å². The number of aliphatic hydroxyl groups excluding tert-OH is 1. The van der Waals surface area contributed by atoms with Gasteiger partial charge in [-0.1, -0.05) is 28.5 Å². The topological polar surface area (TPSA) is 440 Å². The Bertz CT molecular complexity index is 3810. The summed E-state index contributed by atoms with van der Waals surface area (Å²) in [6.07, 6.45) is 1.66. The van der Waals surface area contributed by atoms with E-state index in [1.165, 1.54) is 37.5 Å². The van der Waals surface area contributed by atoms with Crippen LogP contribution in [0.5, 0.6) is 23.0 Å². The Morgan fingerprint density at radius 2 is 0.848 bits per heavy atom. The number of carboxylic acid groups (broad SMARTS) is 1. The number of nitro benzene ring substituents is 1. The lowest BCUT2D eigenvalue weighted by Gasteiger charge is -2.18. The predicted octanol–water partition coefficient (Wildman–Crippen LogP) is 15.4. The fourth-order valence-electron chi connectivity index (χ4n) is 7.62. The number of aromatic nitrogens is 2. The third-order valence-electron chi connectivity index (χ3n) is 12.3. The first-order valence-corrected chi connectivity index (χ1v) is 37.5. The zero-order valence-electron chi connectivity index (χ0n) is 58.0. The van der Waals surface area contributed by atoms with Crippen molar-refractivity contribution in [1.29, 1.82) is 5.26 Å². The molecule has 4 aromatic carbocycles. The molecule has 32 nitrogen and oxygen atoms in total. The molecule has 0 aliphatic rings. The molecule has 2 aromatic heterocycles. The average Bonchev–Trinajstić information content (AvgIpc) is 1.02. The van der Waals surface area contributed by atoms with Gasteiger partial charge in [0.2, 0.25) is 0 Å². The van der Waals surface area contributed by atoms with E-state index in [-0.39, 0.29) is 93.5 Å². The molecule has 0 bridgehead atoms. The molecule has 0 fully saturated rings. The molecule has 0 saturated carbocycles. The molecular formula is C63H89N7O25P4. The van der Waals surface area contributed by atoms with E-state index in [1.54, 1.807) is 138 Å². The van der Waals surface area contributed by atoms with E-state index < -0.39 is 47.2 Å². The number of hydrogen-bond donors (Lipinski definition) is 5. The molecule has 2 amide bonds. The number of allylic oxidation sites excluding steroid dienone is 1. The van der Waals surface area contributed by atoms with Crippen molar-refractivity contribution in [3.05, 3.63) is 152 Å². The Kier molecular flexibility index (Phi) is 38.6. The zero-order chi connectivity index (χ0) is 74.5. The Labute approximate surface area is 575 Å². The van der Waals surface area contributed by atoms with Crippen LogP contribution in [0.1, 0.15) is 117 Å². The number of nitrogens with two attached hydrogens (primary N) is 1. The van der Waals surface area contributed by atoms with Crippen LogP contribution in [-0.2, 0) is 59.2 Å². The monoisotopic (exact) mass is 1470 g/mol. The van der Waals surface area contributed by atoms with Crippen molar-refractivity contribution in [2.75, 3.05) is 94.6 Å². The number of carbonyl (C=O) groups excluding carboxylic acids is 2. The zero-order valence-corrected chi connectivity index (χ0v) is 61.6. The minimum absolute atomic E-state index is 0.0896. The SMILES string of the molecule is CCOP(=O)(COc1cc(N)ccc1C)OCC.CCOP(=O)(COc1cc(NC(=O)/C(C#N)=C(\C)O)ccc1C)OCC.CCOP(=O)(COc1cc(NC(=O)c2cnoc2C)ccc1C)OCC.CCOP(=O)(COc1cc([N+](=O)[O-])ccc1C)OCC.Cc1oncc1C(=O)O. The van der Waals surface area contributed by atoms with Gasteiger partial charge in [-0.2, -0.15) is 5.26 Å². The molecule has 0 radical (unpaired) electrons. The van der Waals surface area contributed by atoms with Crippen molar-refractivity contribution in [3.63, 3.8) is 0 Å². The smallest absolute Gasteiger partial charge is 0.367 e. The number of benzene rings is 4. The summed E-state index contributed by atoms with van der Waals surface area (Å²) in [6, 6.07) is 21.2. The van der Waals surface area contributed by atoms with Crippen molar-refractivity contribution in [1.82, 2.24) is 10.3 Å². The van der Waals surface area contributed by atoms with E-state index in [9.17, 15) is 47.9 Å². The average molecular weight is 1470 g/mol. The van der Waals surface area contributed by atoms with Crippen molar-refractivity contribution in [3.8, 4) is 29.1 Å². The van der Waals surface area contributed by atoms with Gasteiger partial charge in [0.1, 0.15) is 57.5 Å². The summed E-state index contributed by atoms with van der Waals surface area (Å²) in [5.41, 5.74) is 10.3. The molecule has 0 spiro atoms. The molecule has 6 rings (SSSR count). The number of carbonyl (C=O) groups is 3. The van der Waals surface area contributed by atoms with Crippen molar-refractivity contribution in [2.24, 2.45) is 0 Å². The Hall–Kier alpha value is -8.26. The number of hydrogen-bond acceptors (Lipinski definition) is 28. The van der Waals surface area contributed by atoms with E-state index in [1.807, 2.05) is 19.9 Å². The van der Waals surface area contributed by atoms with Crippen LogP contribution in [0.2, 0.25) is 0 Å². The summed E-state index contributed by atoms with van der Waals surface area (Å²) in [5.74, 6) is 0.0488. The summed E-state index contributed by atoms with van der Waals surface area (Å²) >= 11 is 0. The molecule has 0 unspecified atom stereocenters. The van der Waals surface area contributed by atoms with E-state index in [0.717, 1.165) is 16.7 Å². The number of aryl methyl sites for hydroxylation is 6. The molecule has 6 aromatic rings. The van der Waals surface area contributed by atoms with E-state index in [0.29, 0.717) is 75.9 Å². The second-order valence-corrected chi connectivity index (χ2v) is 27.9. The van der Waals surface area contributed by atoms with Gasteiger partial charge in [0, 0.05) is 41.3 Å².